The molecular formula is C11H10ClF3O2. The second kappa shape index (κ2) is 5.40. The van der Waals surface area contributed by atoms with E-state index in [2.05, 4.69) is 0 Å². The van der Waals surface area contributed by atoms with Gasteiger partial charge in [0.05, 0.1) is 12.1 Å². The molecule has 0 fully saturated rings. The van der Waals surface area contributed by atoms with Crippen LogP contribution in [0.2, 0.25) is 5.02 Å². The van der Waals surface area contributed by atoms with E-state index in [1.54, 1.807) is 12.1 Å². The molecule has 0 aliphatic heterocycles. The summed E-state index contributed by atoms with van der Waals surface area (Å²) < 4.78 is 40.8. The summed E-state index contributed by atoms with van der Waals surface area (Å²) in [4.78, 5) is 10.7. The van der Waals surface area contributed by atoms with Gasteiger partial charge in [-0.3, -0.25) is 4.79 Å². The molecule has 0 aliphatic carbocycles. The van der Waals surface area contributed by atoms with Gasteiger partial charge in [0.15, 0.2) is 0 Å². The molecule has 0 spiro atoms. The third kappa shape index (κ3) is 3.93. The van der Waals surface area contributed by atoms with Gasteiger partial charge in [-0.25, -0.2) is 0 Å². The highest BCUT2D eigenvalue weighted by molar-refractivity contribution is 6.32. The highest BCUT2D eigenvalue weighted by atomic mass is 35.5. The molecule has 0 bridgehead atoms. The molecule has 0 saturated heterocycles. The summed E-state index contributed by atoms with van der Waals surface area (Å²) in [7, 11) is 1.44. The molecule has 0 saturated carbocycles. The Labute approximate surface area is 101 Å². The maximum Gasteiger partial charge on any atom is 0.449 e. The monoisotopic (exact) mass is 266 g/mol. The predicted octanol–water partition coefficient (Wildman–Crippen LogP) is 3.41. The number of hydrogen-bond donors (Lipinski definition) is 0. The zero-order chi connectivity index (χ0) is 13.1. The Hall–Kier alpha value is -1.23. The number of halogens is 4. The van der Waals surface area contributed by atoms with Crippen LogP contribution >= 0.6 is 11.6 Å². The summed E-state index contributed by atoms with van der Waals surface area (Å²) in [6, 6.07) is 4.62. The fraction of sp³-hybridized carbons (Fsp3) is 0.364. The number of benzene rings is 1. The maximum atomic E-state index is 12.0. The van der Waals surface area contributed by atoms with Crippen molar-refractivity contribution in [1.82, 2.24) is 0 Å². The van der Waals surface area contributed by atoms with Gasteiger partial charge in [-0.1, -0.05) is 17.7 Å². The maximum absolute atomic E-state index is 12.0. The summed E-state index contributed by atoms with van der Waals surface area (Å²) in [6.45, 7) is 0. The first-order valence-electron chi connectivity index (χ1n) is 4.77. The number of carbonyl (C=O) groups is 1. The molecule has 0 atom stereocenters. The van der Waals surface area contributed by atoms with Gasteiger partial charge in [-0.05, 0) is 24.1 Å². The van der Waals surface area contributed by atoms with E-state index in [1.165, 1.54) is 13.2 Å². The van der Waals surface area contributed by atoms with Crippen molar-refractivity contribution in [2.45, 2.75) is 19.0 Å². The fourth-order valence-electron chi connectivity index (χ4n) is 1.26. The van der Waals surface area contributed by atoms with Crippen LogP contribution in [-0.2, 0) is 11.2 Å². The van der Waals surface area contributed by atoms with Gasteiger partial charge in [0.1, 0.15) is 5.75 Å². The minimum Gasteiger partial charge on any atom is -0.495 e. The van der Waals surface area contributed by atoms with Crippen LogP contribution in [0.15, 0.2) is 18.2 Å². The van der Waals surface area contributed by atoms with Gasteiger partial charge in [0.25, 0.3) is 0 Å². The molecule has 0 heterocycles. The third-order valence-electron chi connectivity index (χ3n) is 2.17. The average molecular weight is 267 g/mol. The first-order valence-corrected chi connectivity index (χ1v) is 5.15. The lowest BCUT2D eigenvalue weighted by atomic mass is 10.1. The van der Waals surface area contributed by atoms with Crippen LogP contribution in [0.3, 0.4) is 0 Å². The van der Waals surface area contributed by atoms with E-state index in [1.807, 2.05) is 0 Å². The average Bonchev–Trinajstić information content (AvgIpc) is 2.24. The molecule has 0 aromatic heterocycles. The molecule has 1 aromatic carbocycles. The Morgan fingerprint density at radius 3 is 2.53 bits per heavy atom. The highest BCUT2D eigenvalue weighted by Gasteiger charge is 2.37. The summed E-state index contributed by atoms with van der Waals surface area (Å²) in [5.41, 5.74) is 0.563. The largest absolute Gasteiger partial charge is 0.495 e. The minimum absolute atomic E-state index is 0.00204. The second-order valence-corrected chi connectivity index (χ2v) is 3.80. The number of rotatable bonds is 4. The number of alkyl halides is 3. The van der Waals surface area contributed by atoms with Gasteiger partial charge in [0.2, 0.25) is 5.78 Å². The van der Waals surface area contributed by atoms with Crippen molar-refractivity contribution in [2.75, 3.05) is 7.11 Å². The second-order valence-electron chi connectivity index (χ2n) is 3.39. The fourth-order valence-corrected chi connectivity index (χ4v) is 1.55. The lowest BCUT2D eigenvalue weighted by Crippen LogP contribution is -2.22. The third-order valence-corrected chi connectivity index (χ3v) is 2.47. The molecule has 0 unspecified atom stereocenters. The van der Waals surface area contributed by atoms with Crippen molar-refractivity contribution in [3.05, 3.63) is 28.8 Å². The summed E-state index contributed by atoms with van der Waals surface area (Å²) in [5, 5.41) is 0.310. The normalized spacial score (nSPS) is 11.4. The molecule has 17 heavy (non-hydrogen) atoms. The van der Waals surface area contributed by atoms with E-state index in [-0.39, 0.29) is 6.42 Å². The molecule has 6 heteroatoms. The standard InChI is InChI=1S/C11H10ClF3O2/c1-17-9-4-2-7(6-8(9)12)3-5-10(16)11(13,14)15/h2,4,6H,3,5H2,1H3. The lowest BCUT2D eigenvalue weighted by molar-refractivity contribution is -0.171. The molecule has 0 N–H and O–H groups in total. The van der Waals surface area contributed by atoms with E-state index < -0.39 is 18.4 Å². The molecular weight excluding hydrogens is 257 g/mol. The molecule has 1 rings (SSSR count). The Kier molecular flexibility index (Phi) is 4.40. The highest BCUT2D eigenvalue weighted by Crippen LogP contribution is 2.26. The van der Waals surface area contributed by atoms with Crippen molar-refractivity contribution >= 4 is 17.4 Å². The molecule has 0 amide bonds. The molecule has 94 valence electrons. The summed E-state index contributed by atoms with van der Waals surface area (Å²) in [5.74, 6) is -1.29. The van der Waals surface area contributed by atoms with Crippen molar-refractivity contribution in [3.8, 4) is 5.75 Å². The molecule has 0 aliphatic rings. The zero-order valence-electron chi connectivity index (χ0n) is 8.97. The quantitative estimate of drug-likeness (QED) is 0.835. The van der Waals surface area contributed by atoms with Gasteiger partial charge in [-0.2, -0.15) is 13.2 Å². The number of carbonyl (C=O) groups excluding carboxylic acids is 1. The van der Waals surface area contributed by atoms with E-state index >= 15 is 0 Å². The number of aryl methyl sites for hydroxylation is 1. The number of methoxy groups -OCH3 is 1. The smallest absolute Gasteiger partial charge is 0.449 e. The number of ketones is 1. The Morgan fingerprint density at radius 1 is 1.41 bits per heavy atom. The van der Waals surface area contributed by atoms with Crippen molar-refractivity contribution < 1.29 is 22.7 Å². The van der Waals surface area contributed by atoms with Crippen LogP contribution in [-0.4, -0.2) is 19.1 Å². The van der Waals surface area contributed by atoms with E-state index in [4.69, 9.17) is 16.3 Å². The topological polar surface area (TPSA) is 26.3 Å². The van der Waals surface area contributed by atoms with Gasteiger partial charge in [0, 0.05) is 6.42 Å². The lowest BCUT2D eigenvalue weighted by Gasteiger charge is -2.07. The molecule has 0 radical (unpaired) electrons. The zero-order valence-corrected chi connectivity index (χ0v) is 9.73. The Balaban J connectivity index is 2.65. The van der Waals surface area contributed by atoms with Crippen LogP contribution in [0.5, 0.6) is 5.75 Å². The van der Waals surface area contributed by atoms with Crippen LogP contribution in [0.25, 0.3) is 0 Å². The van der Waals surface area contributed by atoms with Gasteiger partial charge >= 0.3 is 6.18 Å². The van der Waals surface area contributed by atoms with Gasteiger partial charge in [-0.15, -0.1) is 0 Å². The van der Waals surface area contributed by atoms with E-state index in [0.717, 1.165) is 0 Å². The van der Waals surface area contributed by atoms with E-state index in [0.29, 0.717) is 16.3 Å². The number of Topliss-reactive ketones (excluding diaryl/α,β-unsaturated/α-hetero) is 1. The van der Waals surface area contributed by atoms with Crippen molar-refractivity contribution in [3.63, 3.8) is 0 Å². The van der Waals surface area contributed by atoms with E-state index in [9.17, 15) is 18.0 Å². The Bertz CT molecular complexity index is 416. The Morgan fingerprint density at radius 2 is 2.06 bits per heavy atom. The minimum atomic E-state index is -4.77. The first-order chi connectivity index (χ1) is 7.84. The van der Waals surface area contributed by atoms with Crippen LogP contribution in [0.4, 0.5) is 13.2 Å². The molecule has 2 nitrogen and oxygen atoms in total. The van der Waals surface area contributed by atoms with Crippen molar-refractivity contribution in [2.24, 2.45) is 0 Å². The SMILES string of the molecule is COc1ccc(CCC(=O)C(F)(F)F)cc1Cl. The van der Waals surface area contributed by atoms with Crippen LogP contribution in [0, 0.1) is 0 Å². The number of hydrogen-bond acceptors (Lipinski definition) is 2. The van der Waals surface area contributed by atoms with Gasteiger partial charge < -0.3 is 4.74 Å². The van der Waals surface area contributed by atoms with Crippen LogP contribution in [0.1, 0.15) is 12.0 Å². The molecule has 1 aromatic rings. The summed E-state index contributed by atoms with van der Waals surface area (Å²) >= 11 is 5.80. The predicted molar refractivity (Wildman–Crippen MR) is 57.4 cm³/mol. The first kappa shape index (κ1) is 13.8. The summed E-state index contributed by atoms with van der Waals surface area (Å²) in [6.07, 6.45) is -5.34. The van der Waals surface area contributed by atoms with Crippen molar-refractivity contribution in [1.29, 1.82) is 0 Å². The number of ether oxygens (including phenoxy) is 1. The van der Waals surface area contributed by atoms with Crippen LogP contribution < -0.4 is 4.74 Å².